The summed E-state index contributed by atoms with van der Waals surface area (Å²) in [6, 6.07) is 8.98. The first-order chi connectivity index (χ1) is 12.3. The molecule has 0 unspecified atom stereocenters. The summed E-state index contributed by atoms with van der Waals surface area (Å²) < 4.78 is 0. The molecule has 6 heteroatoms. The van der Waals surface area contributed by atoms with E-state index in [0.717, 1.165) is 26.2 Å². The molecule has 0 fully saturated rings. The molecule has 2 aromatic rings. The average molecular weight is 617 g/mol. The smallest absolute Gasteiger partial charge is 1.00 e. The topological polar surface area (TPSA) is 27.3 Å². The Bertz CT molecular complexity index is 656. The first-order valence-electron chi connectivity index (χ1n) is 9.60. The summed E-state index contributed by atoms with van der Waals surface area (Å²) in [5.41, 5.74) is 10.6. The zero-order valence-corrected chi connectivity index (χ0v) is 22.6. The van der Waals surface area contributed by atoms with Gasteiger partial charge in [-0.05, 0) is 70.8 Å². The molecule has 2 aromatic carbocycles. The Kier molecular flexibility index (Phi) is 15.0. The Labute approximate surface area is 203 Å². The second-order valence-corrected chi connectivity index (χ2v) is 7.70. The van der Waals surface area contributed by atoms with Crippen LogP contribution in [-0.4, -0.2) is 38.1 Å². The van der Waals surface area contributed by atoms with Gasteiger partial charge in [0.2, 0.25) is 0 Å². The van der Waals surface area contributed by atoms with Crippen molar-refractivity contribution in [3.05, 3.63) is 57.6 Å². The van der Waals surface area contributed by atoms with Crippen LogP contribution in [0.3, 0.4) is 0 Å². The van der Waals surface area contributed by atoms with E-state index >= 15 is 0 Å². The predicted molar refractivity (Wildman–Crippen MR) is 116 cm³/mol. The van der Waals surface area contributed by atoms with E-state index in [4.69, 9.17) is 0 Å². The van der Waals surface area contributed by atoms with Gasteiger partial charge in [-0.1, -0.05) is 35.4 Å². The number of nitrogens with zero attached hydrogens (tertiary/aromatic N) is 1. The van der Waals surface area contributed by atoms with Crippen LogP contribution in [0, 0.1) is 41.5 Å². The number of likely N-dealkylation sites (N-methyl/N-ethyl adjacent to an activating group) is 1. The summed E-state index contributed by atoms with van der Waals surface area (Å²) in [4.78, 5) is 2.37. The molecule has 29 heavy (non-hydrogen) atoms. The quantitative estimate of drug-likeness (QED) is 0.399. The maximum Gasteiger partial charge on any atom is 2.00 e. The van der Waals surface area contributed by atoms with Crippen LogP contribution < -0.4 is 35.4 Å². The van der Waals surface area contributed by atoms with Crippen LogP contribution in [0.1, 0.15) is 33.4 Å². The van der Waals surface area contributed by atoms with Crippen LogP contribution in [0.5, 0.6) is 0 Å². The number of anilines is 2. The van der Waals surface area contributed by atoms with E-state index in [9.17, 15) is 0 Å². The predicted octanol–water partition coefficient (Wildman–Crippen LogP) is -1.00. The summed E-state index contributed by atoms with van der Waals surface area (Å²) in [7, 11) is 2.19. The molecule has 2 N–H and O–H groups in total. The van der Waals surface area contributed by atoms with Crippen molar-refractivity contribution in [1.29, 1.82) is 0 Å². The van der Waals surface area contributed by atoms with Crippen molar-refractivity contribution < 1.29 is 44.9 Å². The van der Waals surface area contributed by atoms with Gasteiger partial charge in [-0.25, -0.2) is 0 Å². The van der Waals surface area contributed by atoms with Crippen LogP contribution in [0.25, 0.3) is 0 Å². The molecule has 165 valence electrons. The fraction of sp³-hybridized carbons (Fsp3) is 0.478. The van der Waals surface area contributed by atoms with E-state index in [1.807, 2.05) is 0 Å². The first-order valence-corrected chi connectivity index (χ1v) is 9.60. The number of hydrogen-bond donors (Lipinski definition) is 2. The van der Waals surface area contributed by atoms with Crippen LogP contribution >= 0.6 is 0 Å². The van der Waals surface area contributed by atoms with E-state index < -0.39 is 0 Å². The molecule has 0 aliphatic rings. The minimum atomic E-state index is 0. The summed E-state index contributed by atoms with van der Waals surface area (Å²) in [5.74, 6) is 0. The zero-order chi connectivity index (χ0) is 19.3. The third kappa shape index (κ3) is 9.27. The van der Waals surface area contributed by atoms with Gasteiger partial charge in [-0.3, -0.25) is 0 Å². The number of benzene rings is 2. The molecule has 0 spiro atoms. The number of hydrogen-bond acceptors (Lipinski definition) is 3. The number of nitrogens with one attached hydrogen (secondary N) is 2. The number of rotatable bonds is 8. The standard InChI is InChI=1S/C23H35N3.2ClH.Ir/c1-16-12-18(3)22(19(4)13-16)24-8-10-26(7)11-9-25-23-20(5)14-17(2)15-21(23)6;;;/h12-15,24-25H,8-11H2,1-7H3;2*1H;/q;;;+2/p-2. The second-order valence-electron chi connectivity index (χ2n) is 7.70. The van der Waals surface area contributed by atoms with E-state index in [0.29, 0.717) is 0 Å². The Morgan fingerprint density at radius 2 is 0.897 bits per heavy atom. The van der Waals surface area contributed by atoms with Gasteiger partial charge in [0, 0.05) is 37.6 Å². The van der Waals surface area contributed by atoms with Gasteiger partial charge in [0.1, 0.15) is 0 Å². The van der Waals surface area contributed by atoms with Gasteiger partial charge in [-0.2, -0.15) is 0 Å². The Morgan fingerprint density at radius 3 is 1.17 bits per heavy atom. The maximum absolute atomic E-state index is 3.61. The fourth-order valence-electron chi connectivity index (χ4n) is 3.77. The largest absolute Gasteiger partial charge is 2.00 e. The Hall–Kier alpha value is -0.771. The Balaban J connectivity index is 0. The number of aryl methyl sites for hydroxylation is 6. The van der Waals surface area contributed by atoms with E-state index in [1.165, 1.54) is 44.8 Å². The molecule has 0 atom stereocenters. The first kappa shape index (κ1) is 30.4. The second kappa shape index (κ2) is 14.3. The normalized spacial score (nSPS) is 9.93. The van der Waals surface area contributed by atoms with Crippen molar-refractivity contribution in [3.8, 4) is 0 Å². The average Bonchev–Trinajstić information content (AvgIpc) is 2.52. The molecule has 3 nitrogen and oxygen atoms in total. The molecule has 0 saturated heterocycles. The molecule has 1 radical (unpaired) electrons. The van der Waals surface area contributed by atoms with Gasteiger partial charge in [-0.15, -0.1) is 0 Å². The molecular weight excluding hydrogens is 581 g/mol. The monoisotopic (exact) mass is 616 g/mol. The van der Waals surface area contributed by atoms with Crippen molar-refractivity contribution in [2.45, 2.75) is 41.5 Å². The molecule has 0 heterocycles. The molecule has 0 aromatic heterocycles. The minimum absolute atomic E-state index is 0. The van der Waals surface area contributed by atoms with E-state index in [-0.39, 0.29) is 44.9 Å². The number of halogens is 2. The summed E-state index contributed by atoms with van der Waals surface area (Å²) in [5, 5.41) is 7.22. The maximum atomic E-state index is 3.61. The van der Waals surface area contributed by atoms with Gasteiger partial charge in [0.25, 0.3) is 0 Å². The molecule has 0 bridgehead atoms. The molecule has 0 aliphatic heterocycles. The Morgan fingerprint density at radius 1 is 0.621 bits per heavy atom. The zero-order valence-electron chi connectivity index (χ0n) is 18.7. The van der Waals surface area contributed by atoms with Gasteiger partial charge >= 0.3 is 20.1 Å². The van der Waals surface area contributed by atoms with Crippen molar-refractivity contribution >= 4 is 11.4 Å². The van der Waals surface area contributed by atoms with E-state index in [2.05, 4.69) is 88.4 Å². The van der Waals surface area contributed by atoms with Crippen molar-refractivity contribution in [2.24, 2.45) is 0 Å². The fourth-order valence-corrected chi connectivity index (χ4v) is 3.77. The molecular formula is C23H35Cl2IrN3. The third-order valence-electron chi connectivity index (χ3n) is 4.94. The van der Waals surface area contributed by atoms with Crippen molar-refractivity contribution in [1.82, 2.24) is 4.90 Å². The third-order valence-corrected chi connectivity index (χ3v) is 4.94. The molecule has 2 rings (SSSR count). The van der Waals surface area contributed by atoms with Crippen molar-refractivity contribution in [2.75, 3.05) is 43.9 Å². The van der Waals surface area contributed by atoms with Gasteiger partial charge in [0.15, 0.2) is 0 Å². The molecule has 0 saturated carbocycles. The molecule has 0 aliphatic carbocycles. The van der Waals surface area contributed by atoms with Crippen LogP contribution in [0.15, 0.2) is 24.3 Å². The van der Waals surface area contributed by atoms with Crippen LogP contribution in [0.2, 0.25) is 0 Å². The van der Waals surface area contributed by atoms with Crippen LogP contribution in [0.4, 0.5) is 11.4 Å². The SMILES string of the molecule is Cc1cc(C)c(NCCN(C)CCNc2c(C)cc(C)cc2C)c(C)c1.[Cl-].[Cl-].[Ir+2]. The van der Waals surface area contributed by atoms with Crippen LogP contribution in [-0.2, 0) is 20.1 Å². The van der Waals surface area contributed by atoms with Crippen molar-refractivity contribution in [3.63, 3.8) is 0 Å². The van der Waals surface area contributed by atoms with Gasteiger partial charge < -0.3 is 40.3 Å². The molecule has 0 amide bonds. The van der Waals surface area contributed by atoms with Gasteiger partial charge in [0.05, 0.1) is 0 Å². The minimum Gasteiger partial charge on any atom is -1.00 e. The summed E-state index contributed by atoms with van der Waals surface area (Å²) in [6.45, 7) is 17.0. The summed E-state index contributed by atoms with van der Waals surface area (Å²) >= 11 is 0. The summed E-state index contributed by atoms with van der Waals surface area (Å²) in [6.07, 6.45) is 0. The van der Waals surface area contributed by atoms with E-state index in [1.54, 1.807) is 0 Å².